The molecule has 3 nitrogen and oxygen atoms in total. The van der Waals surface area contributed by atoms with Gasteiger partial charge < -0.3 is 15.5 Å². The lowest BCUT2D eigenvalue weighted by Crippen LogP contribution is -2.42. The number of rotatable bonds is 3. The van der Waals surface area contributed by atoms with Gasteiger partial charge in [-0.2, -0.15) is 0 Å². The van der Waals surface area contributed by atoms with Crippen LogP contribution < -0.4 is 5.73 Å². The van der Waals surface area contributed by atoms with Crippen LogP contribution in [0.2, 0.25) is 0 Å². The van der Waals surface area contributed by atoms with E-state index in [1.54, 1.807) is 6.08 Å². The molecule has 0 aromatic carbocycles. The number of nitrogens with zero attached hydrogens (tertiary/aromatic N) is 2. The Bertz CT molecular complexity index is 213. The highest BCUT2D eigenvalue weighted by atomic mass is 15.2. The molecule has 0 aromatic heterocycles. The van der Waals surface area contributed by atoms with Gasteiger partial charge in [-0.25, -0.2) is 0 Å². The Hall–Kier alpha value is -0.960. The monoisotopic (exact) mass is 195 g/mol. The van der Waals surface area contributed by atoms with Crippen LogP contribution in [0.15, 0.2) is 24.6 Å². The average Bonchev–Trinajstić information content (AvgIpc) is 2.18. The van der Waals surface area contributed by atoms with Gasteiger partial charge in [0.25, 0.3) is 0 Å². The molecule has 1 aliphatic heterocycles. The summed E-state index contributed by atoms with van der Waals surface area (Å²) in [5.41, 5.74) is 5.88. The first-order valence-corrected chi connectivity index (χ1v) is 5.14. The van der Waals surface area contributed by atoms with E-state index < -0.39 is 0 Å². The summed E-state index contributed by atoms with van der Waals surface area (Å²) in [6.07, 6.45) is 6.00. The zero-order chi connectivity index (χ0) is 10.6. The van der Waals surface area contributed by atoms with Gasteiger partial charge in [0.1, 0.15) is 0 Å². The fourth-order valence-electron chi connectivity index (χ4n) is 1.87. The molecule has 1 fully saturated rings. The van der Waals surface area contributed by atoms with Gasteiger partial charge in [0.2, 0.25) is 0 Å². The van der Waals surface area contributed by atoms with Gasteiger partial charge >= 0.3 is 0 Å². The molecule has 0 bridgehead atoms. The van der Waals surface area contributed by atoms with Crippen LogP contribution in [0.1, 0.15) is 12.8 Å². The average molecular weight is 195 g/mol. The van der Waals surface area contributed by atoms with Gasteiger partial charge in [-0.3, -0.25) is 0 Å². The number of hydrogen-bond donors (Lipinski definition) is 1. The topological polar surface area (TPSA) is 32.5 Å². The SMILES string of the molecule is C=C/C=C(\N)N1CCC(N(C)C)CC1. The first kappa shape index (κ1) is 11.1. The lowest BCUT2D eigenvalue weighted by atomic mass is 10.0. The fraction of sp³-hybridized carbons (Fsp3) is 0.636. The number of piperidine rings is 1. The third-order valence-corrected chi connectivity index (χ3v) is 2.85. The van der Waals surface area contributed by atoms with E-state index in [1.165, 1.54) is 12.8 Å². The molecule has 0 aliphatic carbocycles. The van der Waals surface area contributed by atoms with Gasteiger partial charge in [0, 0.05) is 19.1 Å². The summed E-state index contributed by atoms with van der Waals surface area (Å²) in [6.45, 7) is 5.76. The number of allylic oxidation sites excluding steroid dienone is 2. The minimum Gasteiger partial charge on any atom is -0.385 e. The number of nitrogens with two attached hydrogens (primary N) is 1. The van der Waals surface area contributed by atoms with Gasteiger partial charge in [-0.1, -0.05) is 12.7 Å². The van der Waals surface area contributed by atoms with Crippen molar-refractivity contribution in [2.75, 3.05) is 27.2 Å². The van der Waals surface area contributed by atoms with Gasteiger partial charge in [-0.15, -0.1) is 0 Å². The molecule has 0 atom stereocenters. The van der Waals surface area contributed by atoms with E-state index in [0.29, 0.717) is 6.04 Å². The van der Waals surface area contributed by atoms with Crippen molar-refractivity contribution in [1.82, 2.24) is 9.80 Å². The second kappa shape index (κ2) is 5.05. The maximum absolute atomic E-state index is 5.88. The lowest BCUT2D eigenvalue weighted by Gasteiger charge is -2.36. The van der Waals surface area contributed by atoms with Crippen molar-refractivity contribution in [3.05, 3.63) is 24.6 Å². The first-order chi connectivity index (χ1) is 6.65. The van der Waals surface area contributed by atoms with E-state index in [-0.39, 0.29) is 0 Å². The predicted octanol–water partition coefficient (Wildman–Crippen LogP) is 0.998. The number of likely N-dealkylation sites (tertiary alicyclic amines) is 1. The molecule has 0 spiro atoms. The molecule has 0 unspecified atom stereocenters. The Morgan fingerprint density at radius 1 is 1.43 bits per heavy atom. The Balaban J connectivity index is 2.43. The molecule has 80 valence electrons. The van der Waals surface area contributed by atoms with E-state index in [2.05, 4.69) is 30.5 Å². The molecular formula is C11H21N3. The van der Waals surface area contributed by atoms with E-state index in [0.717, 1.165) is 18.9 Å². The Morgan fingerprint density at radius 3 is 2.43 bits per heavy atom. The highest BCUT2D eigenvalue weighted by Gasteiger charge is 2.20. The summed E-state index contributed by atoms with van der Waals surface area (Å²) in [5.74, 6) is 0.845. The molecule has 0 radical (unpaired) electrons. The van der Waals surface area contributed by atoms with Crippen molar-refractivity contribution in [2.24, 2.45) is 5.73 Å². The van der Waals surface area contributed by atoms with E-state index in [4.69, 9.17) is 5.73 Å². The molecule has 1 aliphatic rings. The van der Waals surface area contributed by atoms with Crippen LogP contribution in [-0.4, -0.2) is 43.0 Å². The van der Waals surface area contributed by atoms with Gasteiger partial charge in [0.15, 0.2) is 0 Å². The molecule has 1 saturated heterocycles. The van der Waals surface area contributed by atoms with Crippen LogP contribution >= 0.6 is 0 Å². The minimum atomic E-state index is 0.711. The van der Waals surface area contributed by atoms with Crippen molar-refractivity contribution >= 4 is 0 Å². The van der Waals surface area contributed by atoms with Crippen LogP contribution in [0.25, 0.3) is 0 Å². The third-order valence-electron chi connectivity index (χ3n) is 2.85. The van der Waals surface area contributed by atoms with Crippen LogP contribution in [0.4, 0.5) is 0 Å². The summed E-state index contributed by atoms with van der Waals surface area (Å²) >= 11 is 0. The summed E-state index contributed by atoms with van der Waals surface area (Å²) in [7, 11) is 4.28. The predicted molar refractivity (Wildman–Crippen MR) is 60.7 cm³/mol. The van der Waals surface area contributed by atoms with Crippen molar-refractivity contribution in [3.8, 4) is 0 Å². The minimum absolute atomic E-state index is 0.711. The van der Waals surface area contributed by atoms with Crippen LogP contribution in [0.3, 0.4) is 0 Å². The Morgan fingerprint density at radius 2 is 2.00 bits per heavy atom. The highest BCUT2D eigenvalue weighted by molar-refractivity contribution is 5.06. The first-order valence-electron chi connectivity index (χ1n) is 5.14. The summed E-state index contributed by atoms with van der Waals surface area (Å²) in [5, 5.41) is 0. The fourth-order valence-corrected chi connectivity index (χ4v) is 1.87. The molecule has 0 aromatic rings. The third kappa shape index (κ3) is 2.77. The molecule has 0 amide bonds. The second-order valence-electron chi connectivity index (χ2n) is 4.01. The lowest BCUT2D eigenvalue weighted by molar-refractivity contribution is 0.169. The quantitative estimate of drug-likeness (QED) is 0.682. The molecular weight excluding hydrogens is 174 g/mol. The Kier molecular flexibility index (Phi) is 4.01. The molecule has 14 heavy (non-hydrogen) atoms. The smallest absolute Gasteiger partial charge is 0.0986 e. The summed E-state index contributed by atoms with van der Waals surface area (Å²) < 4.78 is 0. The normalized spacial score (nSPS) is 20.2. The maximum Gasteiger partial charge on any atom is 0.0986 e. The van der Waals surface area contributed by atoms with Crippen LogP contribution in [-0.2, 0) is 0 Å². The van der Waals surface area contributed by atoms with Crippen molar-refractivity contribution in [1.29, 1.82) is 0 Å². The van der Waals surface area contributed by atoms with E-state index in [9.17, 15) is 0 Å². The van der Waals surface area contributed by atoms with Crippen molar-refractivity contribution < 1.29 is 0 Å². The largest absolute Gasteiger partial charge is 0.385 e. The number of hydrogen-bond acceptors (Lipinski definition) is 3. The molecule has 1 heterocycles. The molecule has 3 heteroatoms. The van der Waals surface area contributed by atoms with E-state index >= 15 is 0 Å². The summed E-state index contributed by atoms with van der Waals surface area (Å²) in [4.78, 5) is 4.52. The summed E-state index contributed by atoms with van der Waals surface area (Å²) in [6, 6.07) is 0.711. The van der Waals surface area contributed by atoms with Gasteiger partial charge in [0.05, 0.1) is 5.82 Å². The van der Waals surface area contributed by atoms with E-state index in [1.807, 2.05) is 6.08 Å². The zero-order valence-electron chi connectivity index (χ0n) is 9.24. The van der Waals surface area contributed by atoms with Crippen LogP contribution in [0, 0.1) is 0 Å². The maximum atomic E-state index is 5.88. The molecule has 0 saturated carbocycles. The van der Waals surface area contributed by atoms with Crippen molar-refractivity contribution in [2.45, 2.75) is 18.9 Å². The molecule has 2 N–H and O–H groups in total. The molecule has 1 rings (SSSR count). The Labute approximate surface area is 86.9 Å². The highest BCUT2D eigenvalue weighted by Crippen LogP contribution is 2.15. The zero-order valence-corrected chi connectivity index (χ0v) is 9.24. The van der Waals surface area contributed by atoms with Gasteiger partial charge in [-0.05, 0) is 33.0 Å². The second-order valence-corrected chi connectivity index (χ2v) is 4.01. The van der Waals surface area contributed by atoms with Crippen LogP contribution in [0.5, 0.6) is 0 Å². The standard InChI is InChI=1S/C11H21N3/c1-4-5-11(12)14-8-6-10(7-9-14)13(2)3/h4-5,10H,1,6-9,12H2,2-3H3/b11-5+. The van der Waals surface area contributed by atoms with Crippen molar-refractivity contribution in [3.63, 3.8) is 0 Å².